The summed E-state index contributed by atoms with van der Waals surface area (Å²) in [4.78, 5) is 11.5. The predicted molar refractivity (Wildman–Crippen MR) is 50.1 cm³/mol. The molecule has 2 nitrogen and oxygen atoms in total. The zero-order chi connectivity index (χ0) is 9.03. The maximum absolute atomic E-state index is 11.5. The molecule has 1 heterocycles. The molecule has 1 N–H and O–H groups in total. The van der Waals surface area contributed by atoms with Crippen molar-refractivity contribution in [1.82, 2.24) is 5.32 Å². The van der Waals surface area contributed by atoms with Crippen LogP contribution in [0.25, 0.3) is 0 Å². The van der Waals surface area contributed by atoms with Crippen LogP contribution in [0.4, 0.5) is 0 Å². The number of hydrogen-bond donors (Lipinski definition) is 1. The molecule has 0 aromatic carbocycles. The van der Waals surface area contributed by atoms with Gasteiger partial charge in [0, 0.05) is 5.41 Å². The highest BCUT2D eigenvalue weighted by Crippen LogP contribution is 2.34. The first-order valence-corrected chi connectivity index (χ1v) is 4.93. The molecular formula is C10H19NO. The van der Waals surface area contributed by atoms with Gasteiger partial charge in [-0.05, 0) is 39.3 Å². The van der Waals surface area contributed by atoms with Gasteiger partial charge in [0.05, 0.1) is 0 Å². The molecule has 0 aliphatic carbocycles. The Morgan fingerprint density at radius 3 is 2.42 bits per heavy atom. The first kappa shape index (κ1) is 9.72. The van der Waals surface area contributed by atoms with Gasteiger partial charge in [0.1, 0.15) is 5.78 Å². The summed E-state index contributed by atoms with van der Waals surface area (Å²) in [6.07, 6.45) is 4.27. The second kappa shape index (κ2) is 4.04. The van der Waals surface area contributed by atoms with Gasteiger partial charge in [0.25, 0.3) is 0 Å². The molecule has 0 aromatic heterocycles. The molecule has 1 aliphatic rings. The van der Waals surface area contributed by atoms with E-state index in [4.69, 9.17) is 0 Å². The minimum absolute atomic E-state index is 0.0278. The van der Waals surface area contributed by atoms with Crippen molar-refractivity contribution in [2.24, 2.45) is 5.41 Å². The zero-order valence-electron chi connectivity index (χ0n) is 8.15. The van der Waals surface area contributed by atoms with E-state index in [0.29, 0.717) is 5.78 Å². The molecule has 0 radical (unpaired) electrons. The van der Waals surface area contributed by atoms with Crippen molar-refractivity contribution in [2.75, 3.05) is 13.1 Å². The Morgan fingerprint density at radius 2 is 2.00 bits per heavy atom. The lowest BCUT2D eigenvalue weighted by Crippen LogP contribution is -2.41. The van der Waals surface area contributed by atoms with E-state index < -0.39 is 0 Å². The van der Waals surface area contributed by atoms with Crippen LogP contribution >= 0.6 is 0 Å². The van der Waals surface area contributed by atoms with Crippen LogP contribution in [0.3, 0.4) is 0 Å². The number of piperidine rings is 1. The van der Waals surface area contributed by atoms with Gasteiger partial charge in [0.2, 0.25) is 0 Å². The lowest BCUT2D eigenvalue weighted by atomic mass is 9.72. The third-order valence-electron chi connectivity index (χ3n) is 3.04. The topological polar surface area (TPSA) is 29.1 Å². The van der Waals surface area contributed by atoms with Crippen molar-refractivity contribution in [3.05, 3.63) is 0 Å². The Bertz CT molecular complexity index is 154. The minimum atomic E-state index is 0.0278. The fourth-order valence-corrected chi connectivity index (χ4v) is 2.16. The number of Topliss-reactive ketones (excluding diaryl/α,β-unsaturated/α-hetero) is 1. The van der Waals surface area contributed by atoms with E-state index in [1.807, 2.05) is 0 Å². The van der Waals surface area contributed by atoms with Crippen molar-refractivity contribution in [1.29, 1.82) is 0 Å². The largest absolute Gasteiger partial charge is 0.317 e. The van der Waals surface area contributed by atoms with Crippen LogP contribution in [0.15, 0.2) is 0 Å². The average Bonchev–Trinajstić information content (AvgIpc) is 2.06. The molecule has 1 saturated heterocycles. The van der Waals surface area contributed by atoms with E-state index >= 15 is 0 Å². The van der Waals surface area contributed by atoms with Crippen molar-refractivity contribution < 1.29 is 4.79 Å². The van der Waals surface area contributed by atoms with Gasteiger partial charge in [0.15, 0.2) is 0 Å². The average molecular weight is 169 g/mol. The lowest BCUT2D eigenvalue weighted by Gasteiger charge is -2.35. The molecule has 0 aromatic rings. The van der Waals surface area contributed by atoms with E-state index in [0.717, 1.165) is 38.8 Å². The van der Waals surface area contributed by atoms with Crippen molar-refractivity contribution in [3.63, 3.8) is 0 Å². The van der Waals surface area contributed by atoms with Gasteiger partial charge in [-0.3, -0.25) is 4.79 Å². The van der Waals surface area contributed by atoms with Gasteiger partial charge in [-0.25, -0.2) is 0 Å². The number of carbonyl (C=O) groups is 1. The number of rotatable bonds is 3. The summed E-state index contributed by atoms with van der Waals surface area (Å²) >= 11 is 0. The molecule has 1 fully saturated rings. The highest BCUT2D eigenvalue weighted by molar-refractivity contribution is 5.82. The summed E-state index contributed by atoms with van der Waals surface area (Å²) in [6, 6.07) is 0. The van der Waals surface area contributed by atoms with Crippen LogP contribution in [0.5, 0.6) is 0 Å². The summed E-state index contributed by atoms with van der Waals surface area (Å²) in [6.45, 7) is 5.94. The van der Waals surface area contributed by atoms with Crippen LogP contribution in [-0.2, 0) is 4.79 Å². The van der Waals surface area contributed by atoms with Crippen LogP contribution in [0.1, 0.15) is 39.5 Å². The highest BCUT2D eigenvalue weighted by atomic mass is 16.1. The Labute approximate surface area is 74.7 Å². The lowest BCUT2D eigenvalue weighted by molar-refractivity contribution is -0.128. The monoisotopic (exact) mass is 169 g/mol. The number of hydrogen-bond acceptors (Lipinski definition) is 2. The van der Waals surface area contributed by atoms with Crippen LogP contribution in [-0.4, -0.2) is 18.9 Å². The standard InChI is InChI=1S/C10H19NO/c1-3-4-10(9(2)12)5-7-11-8-6-10/h11H,3-8H2,1-2H3. The molecule has 0 atom stereocenters. The van der Waals surface area contributed by atoms with Crippen LogP contribution in [0, 0.1) is 5.41 Å². The summed E-state index contributed by atoms with van der Waals surface area (Å²) in [5, 5.41) is 3.30. The maximum Gasteiger partial charge on any atom is 0.136 e. The Hall–Kier alpha value is -0.370. The van der Waals surface area contributed by atoms with Crippen molar-refractivity contribution >= 4 is 5.78 Å². The third-order valence-corrected chi connectivity index (χ3v) is 3.04. The second-order valence-corrected chi connectivity index (χ2v) is 3.84. The number of ketones is 1. The molecule has 1 aliphatic heterocycles. The zero-order valence-corrected chi connectivity index (χ0v) is 8.15. The van der Waals surface area contributed by atoms with Gasteiger partial charge in [-0.15, -0.1) is 0 Å². The van der Waals surface area contributed by atoms with Gasteiger partial charge >= 0.3 is 0 Å². The van der Waals surface area contributed by atoms with Crippen molar-refractivity contribution in [2.45, 2.75) is 39.5 Å². The second-order valence-electron chi connectivity index (χ2n) is 3.84. The Balaban J connectivity index is 2.63. The Morgan fingerprint density at radius 1 is 1.42 bits per heavy atom. The predicted octanol–water partition coefficient (Wildman–Crippen LogP) is 1.75. The number of carbonyl (C=O) groups excluding carboxylic acids is 1. The molecular weight excluding hydrogens is 150 g/mol. The highest BCUT2D eigenvalue weighted by Gasteiger charge is 2.35. The summed E-state index contributed by atoms with van der Waals surface area (Å²) < 4.78 is 0. The molecule has 1 rings (SSSR count). The van der Waals surface area contributed by atoms with E-state index in [1.165, 1.54) is 0 Å². The minimum Gasteiger partial charge on any atom is -0.317 e. The molecule has 2 heteroatoms. The van der Waals surface area contributed by atoms with Gasteiger partial charge in [-0.2, -0.15) is 0 Å². The van der Waals surface area contributed by atoms with E-state index in [9.17, 15) is 4.79 Å². The summed E-state index contributed by atoms with van der Waals surface area (Å²) in [7, 11) is 0. The SMILES string of the molecule is CCCC1(C(C)=O)CCNCC1. The summed E-state index contributed by atoms with van der Waals surface area (Å²) in [5.74, 6) is 0.394. The first-order valence-electron chi connectivity index (χ1n) is 4.93. The molecule has 0 bridgehead atoms. The van der Waals surface area contributed by atoms with Gasteiger partial charge < -0.3 is 5.32 Å². The quantitative estimate of drug-likeness (QED) is 0.697. The smallest absolute Gasteiger partial charge is 0.136 e. The fourth-order valence-electron chi connectivity index (χ4n) is 2.16. The molecule has 0 spiro atoms. The molecule has 0 saturated carbocycles. The third kappa shape index (κ3) is 1.86. The maximum atomic E-state index is 11.5. The molecule has 12 heavy (non-hydrogen) atoms. The van der Waals surface area contributed by atoms with Crippen molar-refractivity contribution in [3.8, 4) is 0 Å². The summed E-state index contributed by atoms with van der Waals surface area (Å²) in [5.41, 5.74) is 0.0278. The van der Waals surface area contributed by atoms with Crippen LogP contribution < -0.4 is 5.32 Å². The normalized spacial score (nSPS) is 22.2. The van der Waals surface area contributed by atoms with Crippen LogP contribution in [0.2, 0.25) is 0 Å². The molecule has 0 unspecified atom stereocenters. The van der Waals surface area contributed by atoms with E-state index in [1.54, 1.807) is 6.92 Å². The molecule has 0 amide bonds. The number of nitrogens with one attached hydrogen (secondary N) is 1. The van der Waals surface area contributed by atoms with Gasteiger partial charge in [-0.1, -0.05) is 13.3 Å². The first-order chi connectivity index (χ1) is 5.71. The van der Waals surface area contributed by atoms with E-state index in [2.05, 4.69) is 12.2 Å². The fraction of sp³-hybridized carbons (Fsp3) is 0.900. The van der Waals surface area contributed by atoms with E-state index in [-0.39, 0.29) is 5.41 Å². The Kier molecular flexibility index (Phi) is 3.27. The molecule has 70 valence electrons.